The van der Waals surface area contributed by atoms with Crippen LogP contribution in [0.15, 0.2) is 28.7 Å². The number of benzene rings is 1. The lowest BCUT2D eigenvalue weighted by Gasteiger charge is -2.22. The quantitative estimate of drug-likeness (QED) is 0.807. The summed E-state index contributed by atoms with van der Waals surface area (Å²) < 4.78 is 1.16. The van der Waals surface area contributed by atoms with E-state index >= 15 is 0 Å². The van der Waals surface area contributed by atoms with E-state index in [-0.39, 0.29) is 0 Å². The second-order valence-electron chi connectivity index (χ2n) is 4.70. The van der Waals surface area contributed by atoms with Crippen molar-refractivity contribution in [2.75, 3.05) is 5.32 Å². The smallest absolute Gasteiger partial charge is 0.0353 e. The molecule has 0 bridgehead atoms. The zero-order valence-corrected chi connectivity index (χ0v) is 11.3. The Hall–Kier alpha value is -0.500. The Morgan fingerprint density at radius 2 is 1.69 bits per heavy atom. The molecule has 1 fully saturated rings. The summed E-state index contributed by atoms with van der Waals surface area (Å²) in [5, 5.41) is 3.66. The maximum atomic E-state index is 3.66. The standard InChI is InChI=1S/C14H20BrN/c15-12-7-6-10-14(11-12)16-13-8-4-2-1-3-5-9-13/h6-7,10-11,13,16H,1-5,8-9H2. The minimum absolute atomic E-state index is 0.676. The first kappa shape index (κ1) is 12.0. The van der Waals surface area contributed by atoms with E-state index in [0.29, 0.717) is 6.04 Å². The van der Waals surface area contributed by atoms with Gasteiger partial charge < -0.3 is 5.32 Å². The van der Waals surface area contributed by atoms with Gasteiger partial charge in [0.1, 0.15) is 0 Å². The summed E-state index contributed by atoms with van der Waals surface area (Å²) in [6.45, 7) is 0. The lowest BCUT2D eigenvalue weighted by molar-refractivity contribution is 0.471. The zero-order valence-electron chi connectivity index (χ0n) is 9.71. The fourth-order valence-electron chi connectivity index (χ4n) is 2.41. The highest BCUT2D eigenvalue weighted by molar-refractivity contribution is 9.10. The van der Waals surface area contributed by atoms with Crippen molar-refractivity contribution < 1.29 is 0 Å². The summed E-state index contributed by atoms with van der Waals surface area (Å²) in [6, 6.07) is 9.16. The SMILES string of the molecule is Brc1cccc(NC2CCCCCCC2)c1. The highest BCUT2D eigenvalue weighted by atomic mass is 79.9. The van der Waals surface area contributed by atoms with Crippen LogP contribution in [0.3, 0.4) is 0 Å². The van der Waals surface area contributed by atoms with Crippen LogP contribution in [0.2, 0.25) is 0 Å². The average Bonchev–Trinajstić information content (AvgIpc) is 2.22. The van der Waals surface area contributed by atoms with E-state index in [9.17, 15) is 0 Å². The zero-order chi connectivity index (χ0) is 11.2. The molecule has 1 aromatic carbocycles. The van der Waals surface area contributed by atoms with Crippen molar-refractivity contribution in [1.29, 1.82) is 0 Å². The molecule has 0 radical (unpaired) electrons. The Labute approximate surface area is 107 Å². The molecule has 0 spiro atoms. The molecule has 0 aliphatic heterocycles. The van der Waals surface area contributed by atoms with Crippen LogP contribution in [0, 0.1) is 0 Å². The largest absolute Gasteiger partial charge is 0.382 e. The third-order valence-electron chi connectivity index (χ3n) is 3.30. The summed E-state index contributed by atoms with van der Waals surface area (Å²) in [6.07, 6.45) is 9.67. The molecule has 1 aliphatic rings. The van der Waals surface area contributed by atoms with Gasteiger partial charge in [-0.15, -0.1) is 0 Å². The number of rotatable bonds is 2. The van der Waals surface area contributed by atoms with Crippen molar-refractivity contribution in [3.05, 3.63) is 28.7 Å². The van der Waals surface area contributed by atoms with E-state index in [1.54, 1.807) is 0 Å². The molecule has 1 N–H and O–H groups in total. The van der Waals surface area contributed by atoms with Crippen LogP contribution < -0.4 is 5.32 Å². The third-order valence-corrected chi connectivity index (χ3v) is 3.79. The van der Waals surface area contributed by atoms with E-state index in [4.69, 9.17) is 0 Å². The molecular formula is C14H20BrN. The molecule has 2 rings (SSSR count). The Morgan fingerprint density at radius 3 is 2.38 bits per heavy atom. The van der Waals surface area contributed by atoms with Crippen molar-refractivity contribution in [2.45, 2.75) is 51.0 Å². The monoisotopic (exact) mass is 281 g/mol. The summed E-state index contributed by atoms with van der Waals surface area (Å²) in [5.41, 5.74) is 1.25. The van der Waals surface area contributed by atoms with Crippen LogP contribution >= 0.6 is 15.9 Å². The molecule has 1 aliphatic carbocycles. The van der Waals surface area contributed by atoms with Gasteiger partial charge in [0.15, 0.2) is 0 Å². The van der Waals surface area contributed by atoms with E-state index < -0.39 is 0 Å². The molecule has 0 aromatic heterocycles. The van der Waals surface area contributed by atoms with Crippen LogP contribution in [0.4, 0.5) is 5.69 Å². The molecule has 0 saturated heterocycles. The number of halogens is 1. The van der Waals surface area contributed by atoms with E-state index in [1.807, 2.05) is 0 Å². The highest BCUT2D eigenvalue weighted by Crippen LogP contribution is 2.22. The molecule has 88 valence electrons. The molecule has 1 nitrogen and oxygen atoms in total. The lowest BCUT2D eigenvalue weighted by atomic mass is 9.96. The fourth-order valence-corrected chi connectivity index (χ4v) is 2.81. The second kappa shape index (κ2) is 6.29. The Bertz CT molecular complexity index is 316. The van der Waals surface area contributed by atoms with Gasteiger partial charge in [-0.25, -0.2) is 0 Å². The van der Waals surface area contributed by atoms with Crippen molar-refractivity contribution in [1.82, 2.24) is 0 Å². The minimum atomic E-state index is 0.676. The van der Waals surface area contributed by atoms with Gasteiger partial charge in [0, 0.05) is 16.2 Å². The molecule has 0 heterocycles. The van der Waals surface area contributed by atoms with Gasteiger partial charge in [0.25, 0.3) is 0 Å². The van der Waals surface area contributed by atoms with Crippen molar-refractivity contribution in [3.8, 4) is 0 Å². The van der Waals surface area contributed by atoms with E-state index in [0.717, 1.165) is 4.47 Å². The Morgan fingerprint density at radius 1 is 1.00 bits per heavy atom. The summed E-state index contributed by atoms with van der Waals surface area (Å²) in [4.78, 5) is 0. The van der Waals surface area contributed by atoms with Gasteiger partial charge in [-0.1, -0.05) is 54.1 Å². The van der Waals surface area contributed by atoms with Gasteiger partial charge in [-0.2, -0.15) is 0 Å². The molecule has 1 aromatic rings. The molecule has 0 atom stereocenters. The Balaban J connectivity index is 1.91. The van der Waals surface area contributed by atoms with E-state index in [1.165, 1.54) is 50.6 Å². The van der Waals surface area contributed by atoms with Crippen molar-refractivity contribution in [3.63, 3.8) is 0 Å². The maximum absolute atomic E-state index is 3.66. The van der Waals surface area contributed by atoms with Crippen LogP contribution in [0.25, 0.3) is 0 Å². The van der Waals surface area contributed by atoms with Crippen LogP contribution in [0.1, 0.15) is 44.9 Å². The van der Waals surface area contributed by atoms with Crippen LogP contribution in [-0.2, 0) is 0 Å². The summed E-state index contributed by atoms with van der Waals surface area (Å²) in [7, 11) is 0. The number of hydrogen-bond acceptors (Lipinski definition) is 1. The van der Waals surface area contributed by atoms with E-state index in [2.05, 4.69) is 45.5 Å². The van der Waals surface area contributed by atoms with Gasteiger partial charge in [-0.3, -0.25) is 0 Å². The van der Waals surface area contributed by atoms with Gasteiger partial charge in [0.05, 0.1) is 0 Å². The van der Waals surface area contributed by atoms with Gasteiger partial charge in [0.2, 0.25) is 0 Å². The van der Waals surface area contributed by atoms with Crippen molar-refractivity contribution >= 4 is 21.6 Å². The predicted molar refractivity (Wildman–Crippen MR) is 73.9 cm³/mol. The van der Waals surface area contributed by atoms with Crippen molar-refractivity contribution in [2.24, 2.45) is 0 Å². The molecule has 16 heavy (non-hydrogen) atoms. The molecule has 0 amide bonds. The first-order chi connectivity index (χ1) is 7.84. The van der Waals surface area contributed by atoms with Crippen LogP contribution in [-0.4, -0.2) is 6.04 Å². The van der Waals surface area contributed by atoms with Gasteiger partial charge >= 0.3 is 0 Å². The fraction of sp³-hybridized carbons (Fsp3) is 0.571. The molecule has 2 heteroatoms. The first-order valence-electron chi connectivity index (χ1n) is 6.37. The minimum Gasteiger partial charge on any atom is -0.382 e. The third kappa shape index (κ3) is 3.82. The first-order valence-corrected chi connectivity index (χ1v) is 7.16. The second-order valence-corrected chi connectivity index (χ2v) is 5.61. The predicted octanol–water partition coefficient (Wildman–Crippen LogP) is 4.97. The summed E-state index contributed by atoms with van der Waals surface area (Å²) in [5.74, 6) is 0. The average molecular weight is 282 g/mol. The van der Waals surface area contributed by atoms with Gasteiger partial charge in [-0.05, 0) is 31.0 Å². The Kier molecular flexibility index (Phi) is 4.70. The normalized spacial score (nSPS) is 18.8. The number of anilines is 1. The number of nitrogens with one attached hydrogen (secondary N) is 1. The maximum Gasteiger partial charge on any atom is 0.0353 e. The topological polar surface area (TPSA) is 12.0 Å². The number of hydrogen-bond donors (Lipinski definition) is 1. The van der Waals surface area contributed by atoms with Crippen LogP contribution in [0.5, 0.6) is 0 Å². The molecular weight excluding hydrogens is 262 g/mol. The molecule has 1 saturated carbocycles. The summed E-state index contributed by atoms with van der Waals surface area (Å²) >= 11 is 3.51. The highest BCUT2D eigenvalue weighted by Gasteiger charge is 2.10. The lowest BCUT2D eigenvalue weighted by Crippen LogP contribution is -2.20. The molecule has 0 unspecified atom stereocenters.